The molecule has 1 aromatic heterocycles. The van der Waals surface area contributed by atoms with Crippen molar-refractivity contribution in [2.24, 2.45) is 0 Å². The van der Waals surface area contributed by atoms with E-state index in [1.54, 1.807) is 36.7 Å². The molecule has 0 spiro atoms. The minimum atomic E-state index is -0.746. The summed E-state index contributed by atoms with van der Waals surface area (Å²) in [7, 11) is 0. The van der Waals surface area contributed by atoms with Crippen LogP contribution in [0.25, 0.3) is 5.76 Å². The lowest BCUT2D eigenvalue weighted by Crippen LogP contribution is -2.29. The van der Waals surface area contributed by atoms with Crippen LogP contribution in [0.5, 0.6) is 11.5 Å². The lowest BCUT2D eigenvalue weighted by atomic mass is 9.93. The third-order valence-electron chi connectivity index (χ3n) is 6.35. The van der Waals surface area contributed by atoms with Gasteiger partial charge in [-0.2, -0.15) is 0 Å². The largest absolute Gasteiger partial charge is 0.507 e. The highest BCUT2D eigenvalue weighted by atomic mass is 16.6. The standard InChI is InChI=1S/C28H26N2O5/c1-17(2)19-5-7-20(8-6-19)25-24(26(31)21-9-10-22-23(14-21)35-13-12-34-22)27(32)28(33)30(25)16-18-4-3-11-29-15-18/h3-11,14-15,17,25,31H,12-13,16H2,1-2H3/b26-24+/t25-/m0/s1. The SMILES string of the molecule is CC(C)c1ccc([C@H]2/C(=C(\O)c3ccc4c(c3)OCCO4)C(=O)C(=O)N2Cc2cccnc2)cc1. The van der Waals surface area contributed by atoms with Crippen LogP contribution in [0.3, 0.4) is 0 Å². The highest BCUT2D eigenvalue weighted by Crippen LogP contribution is 2.42. The van der Waals surface area contributed by atoms with E-state index >= 15 is 0 Å². The predicted molar refractivity (Wildman–Crippen MR) is 130 cm³/mol. The van der Waals surface area contributed by atoms with Crippen LogP contribution in [0, 0.1) is 0 Å². The van der Waals surface area contributed by atoms with Crippen LogP contribution in [-0.2, 0) is 16.1 Å². The van der Waals surface area contributed by atoms with E-state index < -0.39 is 17.7 Å². The molecule has 178 valence electrons. The number of aliphatic hydroxyl groups excluding tert-OH is 1. The Balaban J connectivity index is 1.62. The molecule has 35 heavy (non-hydrogen) atoms. The molecule has 2 aliphatic rings. The number of hydrogen-bond acceptors (Lipinski definition) is 6. The molecule has 0 saturated carbocycles. The Hall–Kier alpha value is -4.13. The van der Waals surface area contributed by atoms with Crippen molar-refractivity contribution < 1.29 is 24.2 Å². The molecule has 1 atom stereocenters. The zero-order chi connectivity index (χ0) is 24.5. The molecule has 0 radical (unpaired) electrons. The van der Waals surface area contributed by atoms with Gasteiger partial charge in [-0.3, -0.25) is 14.6 Å². The molecule has 0 bridgehead atoms. The summed E-state index contributed by atoms with van der Waals surface area (Å²) in [5.41, 5.74) is 3.11. The van der Waals surface area contributed by atoms with E-state index in [0.717, 1.165) is 16.7 Å². The summed E-state index contributed by atoms with van der Waals surface area (Å²) < 4.78 is 11.2. The Morgan fingerprint density at radius 1 is 1.06 bits per heavy atom. The van der Waals surface area contributed by atoms with Gasteiger partial charge in [-0.1, -0.05) is 44.2 Å². The minimum Gasteiger partial charge on any atom is -0.507 e. The summed E-state index contributed by atoms with van der Waals surface area (Å²) in [4.78, 5) is 32.1. The molecule has 3 heterocycles. The number of amides is 1. The van der Waals surface area contributed by atoms with Gasteiger partial charge in [0.25, 0.3) is 11.7 Å². The van der Waals surface area contributed by atoms with Gasteiger partial charge < -0.3 is 19.5 Å². The van der Waals surface area contributed by atoms with Gasteiger partial charge in [0.15, 0.2) is 11.5 Å². The maximum Gasteiger partial charge on any atom is 0.295 e. The number of aromatic nitrogens is 1. The van der Waals surface area contributed by atoms with Crippen molar-refractivity contribution in [1.29, 1.82) is 0 Å². The summed E-state index contributed by atoms with van der Waals surface area (Å²) in [6.07, 6.45) is 3.32. The number of benzene rings is 2. The summed E-state index contributed by atoms with van der Waals surface area (Å²) in [6, 6.07) is 15.7. The summed E-state index contributed by atoms with van der Waals surface area (Å²) >= 11 is 0. The van der Waals surface area contributed by atoms with Crippen LogP contribution >= 0.6 is 0 Å². The number of carbonyl (C=O) groups excluding carboxylic acids is 2. The number of pyridine rings is 1. The first-order valence-electron chi connectivity index (χ1n) is 11.6. The Kier molecular flexibility index (Phi) is 5.99. The van der Waals surface area contributed by atoms with E-state index in [4.69, 9.17) is 9.47 Å². The molecule has 0 unspecified atom stereocenters. The third-order valence-corrected chi connectivity index (χ3v) is 6.35. The highest BCUT2D eigenvalue weighted by molar-refractivity contribution is 6.46. The normalized spacial score (nSPS) is 18.8. The number of aliphatic hydroxyl groups is 1. The molecule has 0 aliphatic carbocycles. The van der Waals surface area contributed by atoms with Crippen molar-refractivity contribution in [3.63, 3.8) is 0 Å². The highest BCUT2D eigenvalue weighted by Gasteiger charge is 2.46. The van der Waals surface area contributed by atoms with Gasteiger partial charge in [-0.15, -0.1) is 0 Å². The van der Waals surface area contributed by atoms with Crippen molar-refractivity contribution in [2.75, 3.05) is 13.2 Å². The molecule has 1 fully saturated rings. The van der Waals surface area contributed by atoms with Crippen LogP contribution in [0.4, 0.5) is 0 Å². The Morgan fingerprint density at radius 3 is 2.49 bits per heavy atom. The van der Waals surface area contributed by atoms with Gasteiger partial charge in [0.2, 0.25) is 0 Å². The predicted octanol–water partition coefficient (Wildman–Crippen LogP) is 4.60. The van der Waals surface area contributed by atoms with E-state index in [0.29, 0.717) is 36.2 Å². The molecule has 3 aromatic rings. The molecule has 7 nitrogen and oxygen atoms in total. The zero-order valence-corrected chi connectivity index (χ0v) is 19.6. The molecular formula is C28H26N2O5. The number of rotatable bonds is 5. The number of ketones is 1. The van der Waals surface area contributed by atoms with Crippen LogP contribution in [0.1, 0.15) is 48.1 Å². The second-order valence-corrected chi connectivity index (χ2v) is 8.97. The number of hydrogen-bond donors (Lipinski definition) is 1. The van der Waals surface area contributed by atoms with Crippen molar-refractivity contribution >= 4 is 17.4 Å². The van der Waals surface area contributed by atoms with E-state index in [1.807, 2.05) is 30.3 Å². The van der Waals surface area contributed by atoms with Gasteiger partial charge in [0, 0.05) is 24.5 Å². The van der Waals surface area contributed by atoms with E-state index in [9.17, 15) is 14.7 Å². The lowest BCUT2D eigenvalue weighted by Gasteiger charge is -2.26. The Bertz CT molecular complexity index is 1300. The van der Waals surface area contributed by atoms with Crippen LogP contribution < -0.4 is 9.47 Å². The van der Waals surface area contributed by atoms with E-state index in [2.05, 4.69) is 18.8 Å². The minimum absolute atomic E-state index is 0.0489. The second-order valence-electron chi connectivity index (χ2n) is 8.97. The first kappa shape index (κ1) is 22.7. The van der Waals surface area contributed by atoms with Gasteiger partial charge >= 0.3 is 0 Å². The molecule has 1 N–H and O–H groups in total. The molecule has 1 amide bonds. The van der Waals surface area contributed by atoms with Gasteiger partial charge in [-0.05, 0) is 46.9 Å². The third kappa shape index (κ3) is 4.25. The summed E-state index contributed by atoms with van der Waals surface area (Å²) in [6.45, 7) is 5.24. The fourth-order valence-corrected chi connectivity index (χ4v) is 4.49. The van der Waals surface area contributed by atoms with Crippen LogP contribution in [0.2, 0.25) is 0 Å². The lowest BCUT2D eigenvalue weighted by molar-refractivity contribution is -0.140. The average Bonchev–Trinajstić information content (AvgIpc) is 3.13. The van der Waals surface area contributed by atoms with Crippen molar-refractivity contribution in [3.05, 3.63) is 94.8 Å². The van der Waals surface area contributed by atoms with Gasteiger partial charge in [-0.25, -0.2) is 0 Å². The zero-order valence-electron chi connectivity index (χ0n) is 19.6. The van der Waals surface area contributed by atoms with Crippen LogP contribution in [-0.4, -0.2) is 39.9 Å². The monoisotopic (exact) mass is 470 g/mol. The number of nitrogens with zero attached hydrogens (tertiary/aromatic N) is 2. The number of fused-ring (bicyclic) bond motifs is 1. The van der Waals surface area contributed by atoms with E-state index in [1.165, 1.54) is 4.90 Å². The Morgan fingerprint density at radius 2 is 1.80 bits per heavy atom. The first-order chi connectivity index (χ1) is 16.9. The fraction of sp³-hybridized carbons (Fsp3) is 0.250. The smallest absolute Gasteiger partial charge is 0.295 e. The number of likely N-dealkylation sites (tertiary alicyclic amines) is 1. The number of ether oxygens (including phenoxy) is 2. The Labute approximate surface area is 203 Å². The van der Waals surface area contributed by atoms with Crippen LogP contribution in [0.15, 0.2) is 72.6 Å². The maximum absolute atomic E-state index is 13.3. The average molecular weight is 471 g/mol. The summed E-state index contributed by atoms with van der Waals surface area (Å²) in [5, 5.41) is 11.3. The van der Waals surface area contributed by atoms with Crippen molar-refractivity contribution in [3.8, 4) is 11.5 Å². The first-order valence-corrected chi connectivity index (χ1v) is 11.6. The topological polar surface area (TPSA) is 89.0 Å². The molecule has 7 heteroatoms. The fourth-order valence-electron chi connectivity index (χ4n) is 4.49. The summed E-state index contributed by atoms with van der Waals surface area (Å²) in [5.74, 6) is -0.228. The molecular weight excluding hydrogens is 444 g/mol. The number of carbonyl (C=O) groups is 2. The molecule has 2 aromatic carbocycles. The van der Waals surface area contributed by atoms with E-state index in [-0.39, 0.29) is 17.9 Å². The second kappa shape index (κ2) is 9.25. The van der Waals surface area contributed by atoms with Gasteiger partial charge in [0.05, 0.1) is 11.6 Å². The van der Waals surface area contributed by atoms with Crippen molar-refractivity contribution in [1.82, 2.24) is 9.88 Å². The molecule has 2 aliphatic heterocycles. The van der Waals surface area contributed by atoms with Crippen molar-refractivity contribution in [2.45, 2.75) is 32.4 Å². The molecule has 5 rings (SSSR count). The quantitative estimate of drug-likeness (QED) is 0.333. The molecule has 1 saturated heterocycles. The maximum atomic E-state index is 13.3. The number of Topliss-reactive ketones (excluding diaryl/α,β-unsaturated/α-hetero) is 1. The van der Waals surface area contributed by atoms with Gasteiger partial charge in [0.1, 0.15) is 19.0 Å².